The SMILES string of the molecule is C=CC(C)(C)c1ccc(OCCC)c(/C=C/C(=O)c2ccc(N)cc2)c1OCCC. The third-order valence-corrected chi connectivity index (χ3v) is 4.87. The van der Waals surface area contributed by atoms with Gasteiger partial charge in [-0.2, -0.15) is 0 Å². The minimum absolute atomic E-state index is 0.105. The molecule has 2 aromatic rings. The zero-order valence-electron chi connectivity index (χ0n) is 18.5. The second kappa shape index (κ2) is 10.7. The van der Waals surface area contributed by atoms with Crippen molar-refractivity contribution in [3.8, 4) is 11.5 Å². The van der Waals surface area contributed by atoms with Gasteiger partial charge in [0.1, 0.15) is 11.5 Å². The Hall–Kier alpha value is -3.01. The molecule has 2 N–H and O–H groups in total. The second-order valence-corrected chi connectivity index (χ2v) is 7.80. The van der Waals surface area contributed by atoms with E-state index in [0.717, 1.165) is 29.7 Å². The van der Waals surface area contributed by atoms with Crippen molar-refractivity contribution in [2.75, 3.05) is 18.9 Å². The molecular weight excluding hydrogens is 374 g/mol. The Morgan fingerprint density at radius 3 is 2.27 bits per heavy atom. The number of rotatable bonds is 11. The Bertz CT molecular complexity index is 895. The number of hydrogen-bond donors (Lipinski definition) is 1. The van der Waals surface area contributed by atoms with Crippen LogP contribution in [-0.4, -0.2) is 19.0 Å². The Kier molecular flexibility index (Phi) is 8.28. The first-order valence-corrected chi connectivity index (χ1v) is 10.5. The van der Waals surface area contributed by atoms with Gasteiger partial charge in [-0.15, -0.1) is 6.58 Å². The van der Waals surface area contributed by atoms with Crippen LogP contribution >= 0.6 is 0 Å². The van der Waals surface area contributed by atoms with Gasteiger partial charge >= 0.3 is 0 Å². The van der Waals surface area contributed by atoms with Crippen LogP contribution in [0, 0.1) is 0 Å². The van der Waals surface area contributed by atoms with Crippen LogP contribution in [0.5, 0.6) is 11.5 Å². The molecule has 0 spiro atoms. The third-order valence-electron chi connectivity index (χ3n) is 4.87. The summed E-state index contributed by atoms with van der Waals surface area (Å²) >= 11 is 0. The largest absolute Gasteiger partial charge is 0.493 e. The number of carbonyl (C=O) groups excluding carboxylic acids is 1. The average molecular weight is 408 g/mol. The fraction of sp³-hybridized carbons (Fsp3) is 0.346. The third kappa shape index (κ3) is 5.76. The number of allylic oxidation sites excluding steroid dienone is 2. The fourth-order valence-corrected chi connectivity index (χ4v) is 2.96. The molecule has 0 heterocycles. The van der Waals surface area contributed by atoms with Gasteiger partial charge in [0.15, 0.2) is 5.78 Å². The molecule has 0 atom stereocenters. The predicted octanol–water partition coefficient (Wildman–Crippen LogP) is 6.21. The average Bonchev–Trinajstić information content (AvgIpc) is 2.75. The first-order chi connectivity index (χ1) is 14.3. The molecule has 0 saturated heterocycles. The topological polar surface area (TPSA) is 61.5 Å². The van der Waals surface area contributed by atoms with Crippen molar-refractivity contribution < 1.29 is 14.3 Å². The summed E-state index contributed by atoms with van der Waals surface area (Å²) < 4.78 is 12.2. The lowest BCUT2D eigenvalue weighted by atomic mass is 9.83. The fourth-order valence-electron chi connectivity index (χ4n) is 2.96. The normalized spacial score (nSPS) is 11.5. The van der Waals surface area contributed by atoms with Crippen molar-refractivity contribution in [3.05, 3.63) is 71.8 Å². The minimum atomic E-state index is -0.296. The zero-order chi connectivity index (χ0) is 22.1. The molecule has 0 saturated carbocycles. The highest BCUT2D eigenvalue weighted by molar-refractivity contribution is 6.07. The van der Waals surface area contributed by atoms with E-state index < -0.39 is 0 Å². The van der Waals surface area contributed by atoms with E-state index in [1.54, 1.807) is 36.4 Å². The molecular formula is C26H33NO3. The van der Waals surface area contributed by atoms with E-state index in [1.807, 2.05) is 18.2 Å². The summed E-state index contributed by atoms with van der Waals surface area (Å²) in [5, 5.41) is 0. The van der Waals surface area contributed by atoms with Gasteiger partial charge in [-0.05, 0) is 55.3 Å². The predicted molar refractivity (Wildman–Crippen MR) is 125 cm³/mol. The van der Waals surface area contributed by atoms with E-state index >= 15 is 0 Å². The van der Waals surface area contributed by atoms with Crippen LogP contribution < -0.4 is 15.2 Å². The lowest BCUT2D eigenvalue weighted by molar-refractivity contribution is 0.104. The molecule has 0 bridgehead atoms. The standard InChI is InChI=1S/C26H33NO3/c1-6-17-29-24-16-14-22(26(4,5)8-3)25(30-18-7-2)21(24)13-15-23(28)19-9-11-20(27)12-10-19/h8-16H,3,6-7,17-18,27H2,1-2,4-5H3/b15-13+. The summed E-state index contributed by atoms with van der Waals surface area (Å²) in [5.74, 6) is 1.33. The lowest BCUT2D eigenvalue weighted by Crippen LogP contribution is -2.16. The van der Waals surface area contributed by atoms with E-state index in [-0.39, 0.29) is 11.2 Å². The molecule has 0 fully saturated rings. The summed E-state index contributed by atoms with van der Waals surface area (Å²) in [5.41, 5.74) is 8.41. The van der Waals surface area contributed by atoms with Gasteiger partial charge in [0.05, 0.1) is 18.8 Å². The van der Waals surface area contributed by atoms with Gasteiger partial charge < -0.3 is 15.2 Å². The van der Waals surface area contributed by atoms with Gasteiger partial charge in [0.25, 0.3) is 0 Å². The smallest absolute Gasteiger partial charge is 0.185 e. The number of nitrogens with two attached hydrogens (primary N) is 1. The van der Waals surface area contributed by atoms with Gasteiger partial charge in [0, 0.05) is 22.2 Å². The van der Waals surface area contributed by atoms with Crippen molar-refractivity contribution in [3.63, 3.8) is 0 Å². The molecule has 0 unspecified atom stereocenters. The van der Waals surface area contributed by atoms with Crippen molar-refractivity contribution in [1.29, 1.82) is 0 Å². The monoisotopic (exact) mass is 407 g/mol. The summed E-state index contributed by atoms with van der Waals surface area (Å²) in [6.45, 7) is 13.5. The highest BCUT2D eigenvalue weighted by atomic mass is 16.5. The Morgan fingerprint density at radius 1 is 1.03 bits per heavy atom. The van der Waals surface area contributed by atoms with Crippen molar-refractivity contribution in [2.45, 2.75) is 46.0 Å². The van der Waals surface area contributed by atoms with Crippen LogP contribution in [0.25, 0.3) is 6.08 Å². The number of carbonyl (C=O) groups is 1. The first kappa shape index (κ1) is 23.3. The van der Waals surface area contributed by atoms with Crippen molar-refractivity contribution in [1.82, 2.24) is 0 Å². The van der Waals surface area contributed by atoms with E-state index in [1.165, 1.54) is 0 Å². The van der Waals surface area contributed by atoms with Crippen LogP contribution in [0.4, 0.5) is 5.69 Å². The van der Waals surface area contributed by atoms with E-state index in [2.05, 4.69) is 34.3 Å². The first-order valence-electron chi connectivity index (χ1n) is 10.5. The molecule has 4 nitrogen and oxygen atoms in total. The molecule has 0 aliphatic carbocycles. The molecule has 0 radical (unpaired) electrons. The lowest BCUT2D eigenvalue weighted by Gasteiger charge is -2.26. The van der Waals surface area contributed by atoms with Crippen LogP contribution in [0.1, 0.15) is 62.0 Å². The molecule has 0 aliphatic heterocycles. The highest BCUT2D eigenvalue weighted by Crippen LogP contribution is 2.40. The van der Waals surface area contributed by atoms with Gasteiger partial charge in [-0.3, -0.25) is 4.79 Å². The Morgan fingerprint density at radius 2 is 1.67 bits per heavy atom. The molecule has 30 heavy (non-hydrogen) atoms. The minimum Gasteiger partial charge on any atom is -0.493 e. The van der Waals surface area contributed by atoms with Crippen LogP contribution in [-0.2, 0) is 5.41 Å². The zero-order valence-corrected chi connectivity index (χ0v) is 18.5. The van der Waals surface area contributed by atoms with E-state index in [4.69, 9.17) is 15.2 Å². The molecule has 0 amide bonds. The number of ether oxygens (including phenoxy) is 2. The number of nitrogen functional groups attached to an aromatic ring is 1. The maximum absolute atomic E-state index is 12.7. The van der Waals surface area contributed by atoms with Gasteiger partial charge in [0.2, 0.25) is 0 Å². The summed E-state index contributed by atoms with van der Waals surface area (Å²) in [6.07, 6.45) is 7.02. The van der Waals surface area contributed by atoms with Crippen molar-refractivity contribution >= 4 is 17.5 Å². The molecule has 2 aromatic carbocycles. The van der Waals surface area contributed by atoms with Gasteiger partial charge in [-0.25, -0.2) is 0 Å². The van der Waals surface area contributed by atoms with E-state index in [9.17, 15) is 4.79 Å². The molecule has 0 aromatic heterocycles. The number of ketones is 1. The van der Waals surface area contributed by atoms with Crippen molar-refractivity contribution in [2.24, 2.45) is 0 Å². The molecule has 0 aliphatic rings. The van der Waals surface area contributed by atoms with Crippen LogP contribution in [0.15, 0.2) is 55.1 Å². The van der Waals surface area contributed by atoms with E-state index in [0.29, 0.717) is 30.2 Å². The molecule has 160 valence electrons. The Balaban J connectivity index is 2.55. The quantitative estimate of drug-likeness (QED) is 0.208. The Labute approximate surface area is 180 Å². The van der Waals surface area contributed by atoms with Crippen LogP contribution in [0.3, 0.4) is 0 Å². The maximum Gasteiger partial charge on any atom is 0.185 e. The highest BCUT2D eigenvalue weighted by Gasteiger charge is 2.25. The second-order valence-electron chi connectivity index (χ2n) is 7.80. The molecule has 4 heteroatoms. The summed E-state index contributed by atoms with van der Waals surface area (Å²) in [4.78, 5) is 12.7. The molecule has 2 rings (SSSR count). The summed E-state index contributed by atoms with van der Waals surface area (Å²) in [7, 11) is 0. The number of anilines is 1. The van der Waals surface area contributed by atoms with Gasteiger partial charge in [-0.1, -0.05) is 39.8 Å². The summed E-state index contributed by atoms with van der Waals surface area (Å²) in [6, 6.07) is 10.9. The number of hydrogen-bond acceptors (Lipinski definition) is 4. The van der Waals surface area contributed by atoms with Crippen LogP contribution in [0.2, 0.25) is 0 Å². The maximum atomic E-state index is 12.7. The number of benzene rings is 2.